The van der Waals surface area contributed by atoms with Gasteiger partial charge in [-0.25, -0.2) is 0 Å². The predicted molar refractivity (Wildman–Crippen MR) is 212 cm³/mol. The first-order chi connectivity index (χ1) is 24.7. The zero-order chi connectivity index (χ0) is 33.3. The van der Waals surface area contributed by atoms with Crippen LogP contribution in [-0.2, 0) is 0 Å². The van der Waals surface area contributed by atoms with Crippen molar-refractivity contribution < 1.29 is 4.42 Å². The highest BCUT2D eigenvalue weighted by Gasteiger charge is 2.30. The van der Waals surface area contributed by atoms with E-state index in [2.05, 4.69) is 168 Å². The van der Waals surface area contributed by atoms with Crippen molar-refractivity contribution in [1.82, 2.24) is 4.57 Å². The van der Waals surface area contributed by atoms with Crippen LogP contribution in [0.5, 0.6) is 0 Å². The molecule has 0 aliphatic carbocycles. The summed E-state index contributed by atoms with van der Waals surface area (Å²) >= 11 is 0. The quantitative estimate of drug-likeness (QED) is 0.191. The number of fused-ring (bicyclic) bond motifs is 12. The average molecular weight is 641 g/mol. The lowest BCUT2D eigenvalue weighted by atomic mass is 9.94. The van der Waals surface area contributed by atoms with Crippen LogP contribution >= 0.6 is 0 Å². The first kappa shape index (κ1) is 28.4. The lowest BCUT2D eigenvalue weighted by Crippen LogP contribution is -2.13. The van der Waals surface area contributed by atoms with Crippen molar-refractivity contribution in [2.24, 2.45) is 0 Å². The fraction of sp³-hybridized carbons (Fsp3) is 0.0213. The Balaban J connectivity index is 1.30. The van der Waals surface area contributed by atoms with Crippen LogP contribution in [0.4, 0.5) is 17.2 Å². The van der Waals surface area contributed by atoms with E-state index in [1.165, 1.54) is 49.3 Å². The minimum atomic E-state index is 0.782. The smallest absolute Gasteiger partial charge is 0.143 e. The summed E-state index contributed by atoms with van der Waals surface area (Å²) < 4.78 is 8.97. The van der Waals surface area contributed by atoms with Gasteiger partial charge in [-0.2, -0.15) is 0 Å². The molecule has 3 nitrogen and oxygen atoms in total. The second-order valence-corrected chi connectivity index (χ2v) is 12.9. The van der Waals surface area contributed by atoms with Crippen LogP contribution in [0.1, 0.15) is 18.2 Å². The van der Waals surface area contributed by atoms with Gasteiger partial charge in [-0.05, 0) is 65.1 Å². The van der Waals surface area contributed by atoms with Gasteiger partial charge in [-0.3, -0.25) is 9.47 Å². The highest BCUT2D eigenvalue weighted by atomic mass is 16.3. The molecule has 10 rings (SSSR count). The number of aromatic nitrogens is 1. The number of rotatable bonds is 4. The van der Waals surface area contributed by atoms with Gasteiger partial charge in [0.05, 0.1) is 16.9 Å². The summed E-state index contributed by atoms with van der Waals surface area (Å²) in [5, 5.41) is 7.20. The number of nitrogens with zero attached hydrogens (tertiary/aromatic N) is 2. The molecule has 7 aromatic carbocycles. The summed E-state index contributed by atoms with van der Waals surface area (Å²) in [6, 6.07) is 53.0. The molecule has 0 amide bonds. The van der Waals surface area contributed by atoms with Crippen molar-refractivity contribution in [2.75, 3.05) is 4.90 Å². The van der Waals surface area contributed by atoms with Crippen molar-refractivity contribution in [1.29, 1.82) is 0 Å². The highest BCUT2D eigenvalue weighted by Crippen LogP contribution is 2.51. The standard InChI is InChI=1S/C47H32N2O/c1-3-13-38-39-22-12-21-37(47(39)50-43(38)4-2)32-16-11-17-34(28-32)48-41-23-10-9-20-40(41)45-35-18-7-5-14-30(35)26-27-42(45)49-44(48)29-33-25-24-31-15-6-8-19-36(31)46(33)49/h3-29H,2H2,1H3/b13-3-. The number of allylic oxidation sites excluding steroid dienone is 1. The molecule has 2 aromatic heterocycles. The van der Waals surface area contributed by atoms with E-state index in [4.69, 9.17) is 4.42 Å². The van der Waals surface area contributed by atoms with E-state index in [-0.39, 0.29) is 0 Å². The van der Waals surface area contributed by atoms with E-state index in [0.717, 1.165) is 50.6 Å². The van der Waals surface area contributed by atoms with Gasteiger partial charge >= 0.3 is 0 Å². The molecule has 236 valence electrons. The predicted octanol–water partition coefficient (Wildman–Crippen LogP) is 13.5. The Kier molecular flexibility index (Phi) is 6.24. The van der Waals surface area contributed by atoms with Crippen LogP contribution in [0.3, 0.4) is 0 Å². The third-order valence-corrected chi connectivity index (χ3v) is 10.2. The number of para-hydroxylation sites is 2. The third-order valence-electron chi connectivity index (χ3n) is 10.2. The largest absolute Gasteiger partial charge is 0.455 e. The van der Waals surface area contributed by atoms with Crippen LogP contribution in [0, 0.1) is 0 Å². The molecule has 0 bridgehead atoms. The number of furan rings is 1. The number of hydrogen-bond donors (Lipinski definition) is 0. The number of anilines is 3. The topological polar surface area (TPSA) is 21.3 Å². The Morgan fingerprint density at radius 2 is 1.30 bits per heavy atom. The maximum Gasteiger partial charge on any atom is 0.143 e. The molecule has 9 aromatic rings. The summed E-state index contributed by atoms with van der Waals surface area (Å²) in [5.74, 6) is 1.88. The molecular weight excluding hydrogens is 609 g/mol. The van der Waals surface area contributed by atoms with E-state index < -0.39 is 0 Å². The lowest BCUT2D eigenvalue weighted by Gasteiger charge is -2.26. The SMILES string of the molecule is C=Cc1oc2c(-c3cccc(N4c5ccccc5-c5c(ccc6ccccc56)-n5c4cc4ccc6ccccc6c45)c3)cccc2c1/C=C\C. The van der Waals surface area contributed by atoms with Crippen LogP contribution in [0.25, 0.3) is 83.5 Å². The molecule has 0 unspecified atom stereocenters. The maximum absolute atomic E-state index is 6.48. The fourth-order valence-electron chi connectivity index (χ4n) is 8.06. The van der Waals surface area contributed by atoms with Crippen molar-refractivity contribution in [2.45, 2.75) is 6.92 Å². The van der Waals surface area contributed by atoms with Crippen LogP contribution in [0.2, 0.25) is 0 Å². The van der Waals surface area contributed by atoms with Crippen molar-refractivity contribution in [3.8, 4) is 27.9 Å². The summed E-state index contributed by atoms with van der Waals surface area (Å²) in [6.07, 6.45) is 5.94. The van der Waals surface area contributed by atoms with E-state index in [0.29, 0.717) is 0 Å². The van der Waals surface area contributed by atoms with Crippen LogP contribution in [0.15, 0.2) is 163 Å². The first-order valence-electron chi connectivity index (χ1n) is 17.1. The molecular formula is C47H32N2O. The van der Waals surface area contributed by atoms with Gasteiger partial charge in [0.2, 0.25) is 0 Å². The normalized spacial score (nSPS) is 12.5. The molecule has 1 aliphatic rings. The molecule has 1 aliphatic heterocycles. The van der Waals surface area contributed by atoms with Crippen molar-refractivity contribution in [3.05, 3.63) is 170 Å². The Morgan fingerprint density at radius 3 is 2.16 bits per heavy atom. The second-order valence-electron chi connectivity index (χ2n) is 12.9. The van der Waals surface area contributed by atoms with E-state index in [1.807, 2.05) is 13.0 Å². The molecule has 0 saturated carbocycles. The van der Waals surface area contributed by atoms with Gasteiger partial charge in [0, 0.05) is 44.1 Å². The van der Waals surface area contributed by atoms with Gasteiger partial charge in [0.1, 0.15) is 17.2 Å². The zero-order valence-corrected chi connectivity index (χ0v) is 27.6. The molecule has 0 N–H and O–H groups in total. The van der Waals surface area contributed by atoms with Crippen LogP contribution < -0.4 is 4.90 Å². The molecule has 0 atom stereocenters. The summed E-state index contributed by atoms with van der Waals surface area (Å²) in [4.78, 5) is 2.44. The number of hydrogen-bond acceptors (Lipinski definition) is 2. The van der Waals surface area contributed by atoms with E-state index in [9.17, 15) is 0 Å². The number of benzene rings is 7. The van der Waals surface area contributed by atoms with E-state index >= 15 is 0 Å². The monoisotopic (exact) mass is 640 g/mol. The molecule has 50 heavy (non-hydrogen) atoms. The Hall–Kier alpha value is -6.58. The molecule has 0 spiro atoms. The first-order valence-corrected chi connectivity index (χ1v) is 17.1. The molecule has 0 fully saturated rings. The second kappa shape index (κ2) is 11.0. The average Bonchev–Trinajstić information content (AvgIpc) is 3.70. The Morgan fingerprint density at radius 1 is 0.600 bits per heavy atom. The lowest BCUT2D eigenvalue weighted by molar-refractivity contribution is 0.604. The minimum absolute atomic E-state index is 0.782. The van der Waals surface area contributed by atoms with Gasteiger partial charge in [-0.15, -0.1) is 0 Å². The molecule has 0 radical (unpaired) electrons. The Labute approximate surface area is 290 Å². The zero-order valence-electron chi connectivity index (χ0n) is 27.6. The van der Waals surface area contributed by atoms with Gasteiger partial charge in [0.15, 0.2) is 0 Å². The fourth-order valence-corrected chi connectivity index (χ4v) is 8.06. The Bertz CT molecular complexity index is 2860. The van der Waals surface area contributed by atoms with Crippen molar-refractivity contribution in [3.63, 3.8) is 0 Å². The third kappa shape index (κ3) is 4.04. The minimum Gasteiger partial charge on any atom is -0.455 e. The van der Waals surface area contributed by atoms with Crippen LogP contribution in [-0.4, -0.2) is 4.57 Å². The van der Waals surface area contributed by atoms with Gasteiger partial charge in [-0.1, -0.05) is 134 Å². The summed E-state index contributed by atoms with van der Waals surface area (Å²) in [7, 11) is 0. The molecule has 3 heteroatoms. The summed E-state index contributed by atoms with van der Waals surface area (Å²) in [6.45, 7) is 6.06. The summed E-state index contributed by atoms with van der Waals surface area (Å²) in [5.41, 5.74) is 11.1. The van der Waals surface area contributed by atoms with Gasteiger partial charge < -0.3 is 4.42 Å². The molecule has 3 heterocycles. The highest BCUT2D eigenvalue weighted by molar-refractivity contribution is 6.13. The van der Waals surface area contributed by atoms with Crippen molar-refractivity contribution >= 4 is 72.8 Å². The molecule has 0 saturated heterocycles. The van der Waals surface area contributed by atoms with E-state index in [1.54, 1.807) is 6.08 Å². The van der Waals surface area contributed by atoms with Gasteiger partial charge in [0.25, 0.3) is 0 Å². The maximum atomic E-state index is 6.48.